The number of anilines is 1. The maximum atomic E-state index is 10.4. The van der Waals surface area contributed by atoms with E-state index in [4.69, 9.17) is 4.74 Å². The van der Waals surface area contributed by atoms with Crippen molar-refractivity contribution in [2.45, 2.75) is 12.5 Å². The number of benzene rings is 2. The number of rotatable bonds is 5. The second kappa shape index (κ2) is 5.76. The normalized spacial score (nSPS) is 13.6. The molecule has 0 bridgehead atoms. The zero-order valence-corrected chi connectivity index (χ0v) is 11.3. The third-order valence-electron chi connectivity index (χ3n) is 3.06. The summed E-state index contributed by atoms with van der Waals surface area (Å²) in [6.45, 7) is 1.97. The van der Waals surface area contributed by atoms with E-state index in [1.165, 1.54) is 0 Å². The maximum absolute atomic E-state index is 10.4. The van der Waals surface area contributed by atoms with Gasteiger partial charge in [0, 0.05) is 12.7 Å². The van der Waals surface area contributed by atoms with Gasteiger partial charge in [-0.3, -0.25) is 0 Å². The average molecular weight is 257 g/mol. The summed E-state index contributed by atoms with van der Waals surface area (Å²) in [5.74, 6) is 0.746. The first kappa shape index (κ1) is 13.4. The van der Waals surface area contributed by atoms with E-state index < -0.39 is 5.60 Å². The van der Waals surface area contributed by atoms with Crippen molar-refractivity contribution in [2.75, 3.05) is 19.0 Å². The predicted molar refractivity (Wildman–Crippen MR) is 77.5 cm³/mol. The van der Waals surface area contributed by atoms with Crippen LogP contribution in [0.25, 0.3) is 0 Å². The van der Waals surface area contributed by atoms with E-state index in [1.807, 2.05) is 61.6 Å². The summed E-state index contributed by atoms with van der Waals surface area (Å²) < 4.78 is 5.65. The molecule has 0 fully saturated rings. The standard InChI is InChI=1S/C16H19NO2/c1-16(18,13-6-4-3-5-7-13)12-19-15-10-8-14(17-2)9-11-15/h3-11,17-18H,12H2,1-2H3. The highest BCUT2D eigenvalue weighted by Gasteiger charge is 2.23. The third-order valence-corrected chi connectivity index (χ3v) is 3.06. The molecule has 0 amide bonds. The Morgan fingerprint density at radius 2 is 1.68 bits per heavy atom. The highest BCUT2D eigenvalue weighted by Crippen LogP contribution is 2.22. The molecule has 0 aromatic heterocycles. The van der Waals surface area contributed by atoms with Crippen LogP contribution in [-0.2, 0) is 5.60 Å². The number of hydrogen-bond acceptors (Lipinski definition) is 3. The molecular weight excluding hydrogens is 238 g/mol. The number of aliphatic hydroxyl groups is 1. The second-order valence-electron chi connectivity index (χ2n) is 4.70. The summed E-state index contributed by atoms with van der Waals surface area (Å²) >= 11 is 0. The molecule has 2 aromatic carbocycles. The lowest BCUT2D eigenvalue weighted by molar-refractivity contribution is 0.00760. The second-order valence-corrected chi connectivity index (χ2v) is 4.70. The van der Waals surface area contributed by atoms with Crippen LogP contribution >= 0.6 is 0 Å². The highest BCUT2D eigenvalue weighted by molar-refractivity contribution is 5.45. The highest BCUT2D eigenvalue weighted by atomic mass is 16.5. The molecule has 3 heteroatoms. The summed E-state index contributed by atoms with van der Waals surface area (Å²) in [6.07, 6.45) is 0. The molecule has 2 rings (SSSR count). The van der Waals surface area contributed by atoms with Crippen LogP contribution in [0.4, 0.5) is 5.69 Å². The molecule has 2 aromatic rings. The fourth-order valence-electron chi connectivity index (χ4n) is 1.82. The molecule has 0 aliphatic rings. The largest absolute Gasteiger partial charge is 0.490 e. The van der Waals surface area contributed by atoms with Crippen LogP contribution in [0.15, 0.2) is 54.6 Å². The zero-order chi connectivity index (χ0) is 13.7. The molecule has 0 saturated heterocycles. The Labute approximate surface area is 113 Å². The van der Waals surface area contributed by atoms with Crippen molar-refractivity contribution in [1.29, 1.82) is 0 Å². The third kappa shape index (κ3) is 3.48. The first-order valence-electron chi connectivity index (χ1n) is 6.30. The SMILES string of the molecule is CNc1ccc(OCC(C)(O)c2ccccc2)cc1. The van der Waals surface area contributed by atoms with Gasteiger partial charge in [-0.2, -0.15) is 0 Å². The van der Waals surface area contributed by atoms with E-state index in [-0.39, 0.29) is 6.61 Å². The summed E-state index contributed by atoms with van der Waals surface area (Å²) in [6, 6.07) is 17.2. The lowest BCUT2D eigenvalue weighted by atomic mass is 9.97. The quantitative estimate of drug-likeness (QED) is 0.865. The van der Waals surface area contributed by atoms with Crippen LogP contribution in [0.5, 0.6) is 5.75 Å². The predicted octanol–water partition coefficient (Wildman–Crippen LogP) is 3.01. The van der Waals surface area contributed by atoms with Crippen molar-refractivity contribution in [3.05, 3.63) is 60.2 Å². The minimum absolute atomic E-state index is 0.218. The molecule has 0 aliphatic heterocycles. The van der Waals surface area contributed by atoms with E-state index in [1.54, 1.807) is 6.92 Å². The smallest absolute Gasteiger partial charge is 0.121 e. The van der Waals surface area contributed by atoms with Crippen LogP contribution in [0.1, 0.15) is 12.5 Å². The summed E-state index contributed by atoms with van der Waals surface area (Å²) in [5, 5.41) is 13.5. The van der Waals surface area contributed by atoms with Crippen molar-refractivity contribution in [3.63, 3.8) is 0 Å². The molecule has 100 valence electrons. The zero-order valence-electron chi connectivity index (χ0n) is 11.3. The van der Waals surface area contributed by atoms with Gasteiger partial charge in [-0.1, -0.05) is 30.3 Å². The molecule has 0 aliphatic carbocycles. The van der Waals surface area contributed by atoms with Crippen molar-refractivity contribution in [1.82, 2.24) is 0 Å². The molecule has 3 nitrogen and oxygen atoms in total. The van der Waals surface area contributed by atoms with Gasteiger partial charge in [0.25, 0.3) is 0 Å². The van der Waals surface area contributed by atoms with Crippen LogP contribution in [-0.4, -0.2) is 18.8 Å². The van der Waals surface area contributed by atoms with Gasteiger partial charge in [0.1, 0.15) is 18.0 Å². The van der Waals surface area contributed by atoms with E-state index in [2.05, 4.69) is 5.32 Å². The van der Waals surface area contributed by atoms with Crippen LogP contribution in [0, 0.1) is 0 Å². The number of hydrogen-bond donors (Lipinski definition) is 2. The number of nitrogens with one attached hydrogen (secondary N) is 1. The Morgan fingerprint density at radius 1 is 1.05 bits per heavy atom. The van der Waals surface area contributed by atoms with Crippen molar-refractivity contribution < 1.29 is 9.84 Å². The van der Waals surface area contributed by atoms with Crippen molar-refractivity contribution in [3.8, 4) is 5.75 Å². The molecule has 1 atom stereocenters. The summed E-state index contributed by atoms with van der Waals surface area (Å²) in [5.41, 5.74) is 0.882. The van der Waals surface area contributed by atoms with Gasteiger partial charge in [0.2, 0.25) is 0 Å². The Kier molecular flexibility index (Phi) is 4.07. The fraction of sp³-hybridized carbons (Fsp3) is 0.250. The maximum Gasteiger partial charge on any atom is 0.121 e. The first-order chi connectivity index (χ1) is 9.12. The molecule has 0 spiro atoms. The molecule has 0 radical (unpaired) electrons. The van der Waals surface area contributed by atoms with E-state index in [9.17, 15) is 5.11 Å². The fourth-order valence-corrected chi connectivity index (χ4v) is 1.82. The molecule has 0 heterocycles. The van der Waals surface area contributed by atoms with Crippen molar-refractivity contribution in [2.24, 2.45) is 0 Å². The van der Waals surface area contributed by atoms with Gasteiger partial charge in [-0.05, 0) is 36.8 Å². The van der Waals surface area contributed by atoms with Crippen LogP contribution < -0.4 is 10.1 Å². The topological polar surface area (TPSA) is 41.5 Å². The minimum Gasteiger partial charge on any atom is -0.490 e. The van der Waals surface area contributed by atoms with Crippen LogP contribution in [0.3, 0.4) is 0 Å². The summed E-state index contributed by atoms with van der Waals surface area (Å²) in [7, 11) is 1.87. The van der Waals surface area contributed by atoms with Crippen LogP contribution in [0.2, 0.25) is 0 Å². The molecule has 19 heavy (non-hydrogen) atoms. The lowest BCUT2D eigenvalue weighted by Gasteiger charge is -2.24. The van der Waals surface area contributed by atoms with Gasteiger partial charge in [0.15, 0.2) is 0 Å². The van der Waals surface area contributed by atoms with E-state index in [0.717, 1.165) is 17.0 Å². The lowest BCUT2D eigenvalue weighted by Crippen LogP contribution is -2.29. The van der Waals surface area contributed by atoms with Gasteiger partial charge < -0.3 is 15.2 Å². The average Bonchev–Trinajstić information content (AvgIpc) is 2.47. The Hall–Kier alpha value is -2.00. The van der Waals surface area contributed by atoms with Crippen molar-refractivity contribution >= 4 is 5.69 Å². The Bertz CT molecular complexity index is 506. The monoisotopic (exact) mass is 257 g/mol. The molecule has 0 saturated carbocycles. The Morgan fingerprint density at radius 3 is 2.26 bits per heavy atom. The summed E-state index contributed by atoms with van der Waals surface area (Å²) in [4.78, 5) is 0. The van der Waals surface area contributed by atoms with E-state index in [0.29, 0.717) is 0 Å². The van der Waals surface area contributed by atoms with Gasteiger partial charge in [0.05, 0.1) is 0 Å². The molecule has 2 N–H and O–H groups in total. The Balaban J connectivity index is 2.01. The van der Waals surface area contributed by atoms with Gasteiger partial charge in [-0.15, -0.1) is 0 Å². The van der Waals surface area contributed by atoms with E-state index >= 15 is 0 Å². The minimum atomic E-state index is -0.997. The first-order valence-corrected chi connectivity index (χ1v) is 6.30. The molecule has 1 unspecified atom stereocenters. The van der Waals surface area contributed by atoms with Gasteiger partial charge in [-0.25, -0.2) is 0 Å². The number of ether oxygens (including phenoxy) is 1. The van der Waals surface area contributed by atoms with Gasteiger partial charge >= 0.3 is 0 Å². The molecular formula is C16H19NO2.